The molecule has 0 saturated heterocycles. The number of rotatable bonds is 4. The predicted molar refractivity (Wildman–Crippen MR) is 78.6 cm³/mol. The lowest BCUT2D eigenvalue weighted by atomic mass is 10.00. The monoisotopic (exact) mass is 243 g/mol. The van der Waals surface area contributed by atoms with Crippen LogP contribution >= 0.6 is 0 Å². The molecule has 1 aliphatic heterocycles. The SMILES string of the molecule is C=C(C)C(C)N1C(CC)c2ccccc2C1CC. The Morgan fingerprint density at radius 1 is 1.17 bits per heavy atom. The fraction of sp³-hybridized carbons (Fsp3) is 0.529. The van der Waals surface area contributed by atoms with Gasteiger partial charge in [-0.3, -0.25) is 4.90 Å². The molecule has 98 valence electrons. The Morgan fingerprint density at radius 3 is 1.94 bits per heavy atom. The van der Waals surface area contributed by atoms with Crippen LogP contribution < -0.4 is 0 Å². The van der Waals surface area contributed by atoms with Gasteiger partial charge in [-0.15, -0.1) is 0 Å². The molecule has 0 spiro atoms. The molecule has 0 fully saturated rings. The lowest BCUT2D eigenvalue weighted by Crippen LogP contribution is -2.35. The van der Waals surface area contributed by atoms with Crippen LogP contribution in [0.1, 0.15) is 63.7 Å². The molecule has 3 atom stereocenters. The van der Waals surface area contributed by atoms with E-state index >= 15 is 0 Å². The van der Waals surface area contributed by atoms with E-state index in [1.165, 1.54) is 29.5 Å². The van der Waals surface area contributed by atoms with E-state index in [0.29, 0.717) is 18.1 Å². The van der Waals surface area contributed by atoms with Crippen LogP contribution in [0.5, 0.6) is 0 Å². The first-order chi connectivity index (χ1) is 8.61. The molecule has 0 radical (unpaired) electrons. The molecule has 3 unspecified atom stereocenters. The van der Waals surface area contributed by atoms with Crippen LogP contribution in [-0.4, -0.2) is 10.9 Å². The first kappa shape index (κ1) is 13.4. The maximum Gasteiger partial charge on any atom is 0.0360 e. The van der Waals surface area contributed by atoms with Crippen molar-refractivity contribution in [2.45, 2.75) is 58.7 Å². The minimum Gasteiger partial charge on any atom is -0.283 e. The van der Waals surface area contributed by atoms with Gasteiger partial charge in [0.05, 0.1) is 0 Å². The molecule has 2 rings (SSSR count). The third-order valence-electron chi connectivity index (χ3n) is 4.37. The zero-order chi connectivity index (χ0) is 13.3. The molecule has 0 N–H and O–H groups in total. The zero-order valence-electron chi connectivity index (χ0n) is 12.1. The summed E-state index contributed by atoms with van der Waals surface area (Å²) in [5.74, 6) is 0. The van der Waals surface area contributed by atoms with Gasteiger partial charge in [0, 0.05) is 18.1 Å². The fourth-order valence-electron chi connectivity index (χ4n) is 3.31. The Labute approximate surface area is 112 Å². The summed E-state index contributed by atoms with van der Waals surface area (Å²) >= 11 is 0. The maximum atomic E-state index is 4.16. The molecule has 0 amide bonds. The van der Waals surface area contributed by atoms with E-state index in [1.54, 1.807) is 0 Å². The van der Waals surface area contributed by atoms with Crippen molar-refractivity contribution in [2.24, 2.45) is 0 Å². The molecular weight excluding hydrogens is 218 g/mol. The molecule has 1 aromatic rings. The molecule has 1 heterocycles. The summed E-state index contributed by atoms with van der Waals surface area (Å²) in [6.07, 6.45) is 2.34. The number of hydrogen-bond donors (Lipinski definition) is 0. The van der Waals surface area contributed by atoms with E-state index in [0.717, 1.165) is 0 Å². The van der Waals surface area contributed by atoms with Gasteiger partial charge in [0.25, 0.3) is 0 Å². The van der Waals surface area contributed by atoms with Gasteiger partial charge < -0.3 is 0 Å². The largest absolute Gasteiger partial charge is 0.283 e. The van der Waals surface area contributed by atoms with E-state index in [1.807, 2.05) is 0 Å². The van der Waals surface area contributed by atoms with E-state index < -0.39 is 0 Å². The first-order valence-electron chi connectivity index (χ1n) is 7.13. The van der Waals surface area contributed by atoms with E-state index in [9.17, 15) is 0 Å². The average molecular weight is 243 g/mol. The third kappa shape index (κ3) is 2.01. The average Bonchev–Trinajstić information content (AvgIpc) is 2.70. The standard InChI is InChI=1S/C17H25N/c1-6-16-14-10-8-9-11-15(14)17(7-2)18(16)13(5)12(3)4/h8-11,13,16-17H,3,6-7H2,1-2,4-5H3. The summed E-state index contributed by atoms with van der Waals surface area (Å²) in [5.41, 5.74) is 4.32. The van der Waals surface area contributed by atoms with Crippen LogP contribution in [0.2, 0.25) is 0 Å². The summed E-state index contributed by atoms with van der Waals surface area (Å²) in [4.78, 5) is 2.66. The smallest absolute Gasteiger partial charge is 0.0360 e. The minimum absolute atomic E-state index is 0.451. The molecule has 0 aliphatic carbocycles. The van der Waals surface area contributed by atoms with Crippen LogP contribution in [0.3, 0.4) is 0 Å². The molecule has 0 bridgehead atoms. The Morgan fingerprint density at radius 2 is 1.61 bits per heavy atom. The predicted octanol–water partition coefficient (Wildman–Crippen LogP) is 4.87. The van der Waals surface area contributed by atoms with Gasteiger partial charge >= 0.3 is 0 Å². The third-order valence-corrected chi connectivity index (χ3v) is 4.37. The van der Waals surface area contributed by atoms with Crippen molar-refractivity contribution in [2.75, 3.05) is 0 Å². The highest BCUT2D eigenvalue weighted by Gasteiger charge is 2.38. The van der Waals surface area contributed by atoms with Crippen LogP contribution in [0, 0.1) is 0 Å². The van der Waals surface area contributed by atoms with Gasteiger partial charge in [0.2, 0.25) is 0 Å². The van der Waals surface area contributed by atoms with Gasteiger partial charge in [-0.05, 0) is 37.8 Å². The van der Waals surface area contributed by atoms with E-state index in [-0.39, 0.29) is 0 Å². The van der Waals surface area contributed by atoms with E-state index in [4.69, 9.17) is 0 Å². The Hall–Kier alpha value is -1.08. The highest BCUT2D eigenvalue weighted by atomic mass is 15.2. The maximum absolute atomic E-state index is 4.16. The van der Waals surface area contributed by atoms with Crippen molar-refractivity contribution in [3.05, 3.63) is 47.5 Å². The molecule has 1 aromatic carbocycles. The van der Waals surface area contributed by atoms with Crippen LogP contribution in [-0.2, 0) is 0 Å². The molecule has 1 heteroatoms. The van der Waals surface area contributed by atoms with Gasteiger partial charge in [0.15, 0.2) is 0 Å². The van der Waals surface area contributed by atoms with Crippen LogP contribution in [0.4, 0.5) is 0 Å². The van der Waals surface area contributed by atoms with Crippen molar-refractivity contribution in [1.82, 2.24) is 4.90 Å². The van der Waals surface area contributed by atoms with Gasteiger partial charge in [-0.2, -0.15) is 0 Å². The van der Waals surface area contributed by atoms with Gasteiger partial charge in [0.1, 0.15) is 0 Å². The van der Waals surface area contributed by atoms with Crippen molar-refractivity contribution >= 4 is 0 Å². The summed E-state index contributed by atoms with van der Waals surface area (Å²) in [7, 11) is 0. The molecule has 1 aliphatic rings. The molecule has 18 heavy (non-hydrogen) atoms. The second-order valence-corrected chi connectivity index (χ2v) is 5.45. The van der Waals surface area contributed by atoms with E-state index in [2.05, 4.69) is 63.4 Å². The normalized spacial score (nSPS) is 24.9. The second kappa shape index (κ2) is 5.27. The molecular formula is C17H25N. The Balaban J connectivity index is 2.45. The lowest BCUT2D eigenvalue weighted by molar-refractivity contribution is 0.121. The summed E-state index contributed by atoms with van der Waals surface area (Å²) < 4.78 is 0. The van der Waals surface area contributed by atoms with Crippen molar-refractivity contribution in [1.29, 1.82) is 0 Å². The number of fused-ring (bicyclic) bond motifs is 1. The molecule has 0 saturated carbocycles. The Kier molecular flexibility index (Phi) is 3.91. The van der Waals surface area contributed by atoms with Crippen molar-refractivity contribution < 1.29 is 0 Å². The topological polar surface area (TPSA) is 3.24 Å². The van der Waals surface area contributed by atoms with Crippen LogP contribution in [0.15, 0.2) is 36.4 Å². The quantitative estimate of drug-likeness (QED) is 0.682. The number of nitrogens with zero attached hydrogens (tertiary/aromatic N) is 1. The van der Waals surface area contributed by atoms with Crippen LogP contribution in [0.25, 0.3) is 0 Å². The summed E-state index contributed by atoms with van der Waals surface area (Å²) in [6.45, 7) is 13.2. The van der Waals surface area contributed by atoms with Crippen molar-refractivity contribution in [3.8, 4) is 0 Å². The summed E-state index contributed by atoms with van der Waals surface area (Å²) in [6, 6.07) is 10.5. The molecule has 0 aromatic heterocycles. The number of hydrogen-bond acceptors (Lipinski definition) is 1. The first-order valence-corrected chi connectivity index (χ1v) is 7.13. The lowest BCUT2D eigenvalue weighted by Gasteiger charge is -2.35. The second-order valence-electron chi connectivity index (χ2n) is 5.45. The highest BCUT2D eigenvalue weighted by Crippen LogP contribution is 2.46. The van der Waals surface area contributed by atoms with Gasteiger partial charge in [-0.25, -0.2) is 0 Å². The Bertz CT molecular complexity index is 404. The van der Waals surface area contributed by atoms with Gasteiger partial charge in [-0.1, -0.05) is 50.3 Å². The molecule has 1 nitrogen and oxygen atoms in total. The summed E-state index contributed by atoms with van der Waals surface area (Å²) in [5, 5.41) is 0. The number of benzene rings is 1. The highest BCUT2D eigenvalue weighted by molar-refractivity contribution is 5.38. The minimum atomic E-state index is 0.451. The zero-order valence-corrected chi connectivity index (χ0v) is 12.1. The van der Waals surface area contributed by atoms with Crippen molar-refractivity contribution in [3.63, 3.8) is 0 Å². The fourth-order valence-corrected chi connectivity index (χ4v) is 3.31.